The van der Waals surface area contributed by atoms with Crippen molar-refractivity contribution >= 4 is 0 Å². The third-order valence-corrected chi connectivity index (χ3v) is 1.80. The largest absolute Gasteiger partial charge is 0.411 e. The molecular weight excluding hydrogens is 171 g/mol. The molecule has 0 radical (unpaired) electrons. The maximum atomic E-state index is 11.5. The summed E-state index contributed by atoms with van der Waals surface area (Å²) in [6, 6.07) is 0.373. The summed E-state index contributed by atoms with van der Waals surface area (Å²) in [4.78, 5) is 0. The molecule has 0 saturated carbocycles. The molecule has 1 atom stereocenters. The maximum absolute atomic E-state index is 11.5. The summed E-state index contributed by atoms with van der Waals surface area (Å²) >= 11 is 0. The van der Waals surface area contributed by atoms with Gasteiger partial charge in [-0.25, -0.2) is 0 Å². The predicted molar refractivity (Wildman–Crippen MR) is 37.9 cm³/mol. The molecule has 1 aliphatic heterocycles. The number of hydrogen-bond donors (Lipinski definition) is 1. The van der Waals surface area contributed by atoms with Gasteiger partial charge in [0.25, 0.3) is 0 Å². The molecule has 5 heteroatoms. The van der Waals surface area contributed by atoms with E-state index in [1.54, 1.807) is 0 Å². The second-order valence-electron chi connectivity index (χ2n) is 2.90. The van der Waals surface area contributed by atoms with Crippen LogP contribution in [0.2, 0.25) is 0 Å². The minimum absolute atomic E-state index is 0.192. The van der Waals surface area contributed by atoms with Crippen LogP contribution in [0.1, 0.15) is 12.8 Å². The van der Waals surface area contributed by atoms with Gasteiger partial charge in [-0.15, -0.1) is 0 Å². The number of ether oxygens (including phenoxy) is 1. The van der Waals surface area contributed by atoms with Gasteiger partial charge in [0, 0.05) is 12.6 Å². The summed E-state index contributed by atoms with van der Waals surface area (Å²) in [5, 5.41) is 3.08. The Morgan fingerprint density at radius 3 is 2.50 bits per heavy atom. The Morgan fingerprint density at radius 1 is 1.42 bits per heavy atom. The SMILES string of the molecule is FC(F)(F)COCCC1CCN1. The van der Waals surface area contributed by atoms with Crippen LogP contribution in [-0.2, 0) is 4.74 Å². The van der Waals surface area contributed by atoms with E-state index >= 15 is 0 Å². The van der Waals surface area contributed by atoms with E-state index < -0.39 is 12.8 Å². The van der Waals surface area contributed by atoms with Gasteiger partial charge >= 0.3 is 6.18 Å². The quantitative estimate of drug-likeness (QED) is 0.663. The summed E-state index contributed by atoms with van der Waals surface area (Å²) in [5.41, 5.74) is 0. The molecule has 0 aliphatic carbocycles. The summed E-state index contributed by atoms with van der Waals surface area (Å²) in [5.74, 6) is 0. The molecule has 1 N–H and O–H groups in total. The van der Waals surface area contributed by atoms with E-state index in [1.165, 1.54) is 0 Å². The van der Waals surface area contributed by atoms with Crippen LogP contribution in [0.15, 0.2) is 0 Å². The van der Waals surface area contributed by atoms with E-state index in [2.05, 4.69) is 10.1 Å². The highest BCUT2D eigenvalue weighted by Gasteiger charge is 2.27. The fourth-order valence-corrected chi connectivity index (χ4v) is 1.01. The zero-order chi connectivity index (χ0) is 9.03. The summed E-state index contributed by atoms with van der Waals surface area (Å²) in [6.07, 6.45) is -2.46. The maximum Gasteiger partial charge on any atom is 0.411 e. The van der Waals surface area contributed by atoms with Gasteiger partial charge in [-0.05, 0) is 19.4 Å². The molecule has 1 fully saturated rings. The molecule has 1 rings (SSSR count). The molecule has 0 bridgehead atoms. The molecule has 12 heavy (non-hydrogen) atoms. The van der Waals surface area contributed by atoms with E-state index in [0.717, 1.165) is 13.0 Å². The van der Waals surface area contributed by atoms with Gasteiger partial charge in [-0.3, -0.25) is 0 Å². The molecule has 0 aromatic carbocycles. The standard InChI is InChI=1S/C7H12F3NO/c8-7(9,10)5-12-4-2-6-1-3-11-6/h6,11H,1-5H2. The first-order chi connectivity index (χ1) is 5.58. The first-order valence-electron chi connectivity index (χ1n) is 3.96. The second kappa shape index (κ2) is 4.09. The molecule has 1 aliphatic rings. The number of hydrogen-bond acceptors (Lipinski definition) is 2. The molecule has 1 heterocycles. The Balaban J connectivity index is 1.88. The zero-order valence-corrected chi connectivity index (χ0v) is 6.66. The highest BCUT2D eigenvalue weighted by Crippen LogP contribution is 2.15. The van der Waals surface area contributed by atoms with Gasteiger partial charge in [-0.1, -0.05) is 0 Å². The molecule has 1 unspecified atom stereocenters. The van der Waals surface area contributed by atoms with Gasteiger partial charge in [0.1, 0.15) is 6.61 Å². The van der Waals surface area contributed by atoms with Crippen molar-refractivity contribution in [3.05, 3.63) is 0 Å². The van der Waals surface area contributed by atoms with Crippen LogP contribution in [0.3, 0.4) is 0 Å². The minimum atomic E-state index is -4.19. The predicted octanol–water partition coefficient (Wildman–Crippen LogP) is 1.32. The van der Waals surface area contributed by atoms with Crippen molar-refractivity contribution in [1.82, 2.24) is 5.32 Å². The van der Waals surface area contributed by atoms with Crippen LogP contribution < -0.4 is 5.32 Å². The topological polar surface area (TPSA) is 21.3 Å². The average Bonchev–Trinajstić information content (AvgIpc) is 1.80. The lowest BCUT2D eigenvalue weighted by Gasteiger charge is -2.27. The van der Waals surface area contributed by atoms with Crippen LogP contribution in [0.25, 0.3) is 0 Å². The smallest absolute Gasteiger partial charge is 0.372 e. The molecule has 0 aromatic heterocycles. The number of nitrogens with one attached hydrogen (secondary N) is 1. The Bertz CT molecular complexity index is 133. The van der Waals surface area contributed by atoms with Crippen LogP contribution in [-0.4, -0.2) is 32.0 Å². The lowest BCUT2D eigenvalue weighted by molar-refractivity contribution is -0.174. The van der Waals surface area contributed by atoms with Crippen molar-refractivity contribution in [2.24, 2.45) is 0 Å². The molecule has 0 aromatic rings. The molecule has 1 saturated heterocycles. The Hall–Kier alpha value is -0.290. The summed E-state index contributed by atoms with van der Waals surface area (Å²) in [7, 11) is 0. The van der Waals surface area contributed by atoms with Crippen molar-refractivity contribution in [3.8, 4) is 0 Å². The Morgan fingerprint density at radius 2 is 2.08 bits per heavy atom. The minimum Gasteiger partial charge on any atom is -0.372 e. The normalized spacial score (nSPS) is 23.8. The first kappa shape index (κ1) is 9.80. The van der Waals surface area contributed by atoms with Crippen LogP contribution >= 0.6 is 0 Å². The van der Waals surface area contributed by atoms with Crippen LogP contribution in [0.5, 0.6) is 0 Å². The lowest BCUT2D eigenvalue weighted by Crippen LogP contribution is -2.43. The summed E-state index contributed by atoms with van der Waals surface area (Å²) < 4.78 is 39.0. The molecule has 2 nitrogen and oxygen atoms in total. The monoisotopic (exact) mass is 183 g/mol. The fourth-order valence-electron chi connectivity index (χ4n) is 1.01. The number of alkyl halides is 3. The van der Waals surface area contributed by atoms with E-state index in [1.807, 2.05) is 0 Å². The van der Waals surface area contributed by atoms with Crippen molar-refractivity contribution in [2.75, 3.05) is 19.8 Å². The van der Waals surface area contributed by atoms with E-state index in [4.69, 9.17) is 0 Å². The number of rotatable bonds is 4. The van der Waals surface area contributed by atoms with Crippen molar-refractivity contribution in [3.63, 3.8) is 0 Å². The van der Waals surface area contributed by atoms with E-state index in [-0.39, 0.29) is 6.61 Å². The highest BCUT2D eigenvalue weighted by atomic mass is 19.4. The second-order valence-corrected chi connectivity index (χ2v) is 2.90. The lowest BCUT2D eigenvalue weighted by atomic mass is 10.0. The fraction of sp³-hybridized carbons (Fsp3) is 1.00. The zero-order valence-electron chi connectivity index (χ0n) is 6.66. The first-order valence-corrected chi connectivity index (χ1v) is 3.96. The van der Waals surface area contributed by atoms with Crippen LogP contribution in [0.4, 0.5) is 13.2 Å². The highest BCUT2D eigenvalue weighted by molar-refractivity contribution is 4.76. The average molecular weight is 183 g/mol. The van der Waals surface area contributed by atoms with Gasteiger partial charge in [0.15, 0.2) is 0 Å². The number of halogens is 3. The molecule has 0 spiro atoms. The Kier molecular flexibility index (Phi) is 3.34. The summed E-state index contributed by atoms with van der Waals surface area (Å²) in [6.45, 7) is 0.0425. The van der Waals surface area contributed by atoms with E-state index in [0.29, 0.717) is 12.5 Å². The van der Waals surface area contributed by atoms with Crippen molar-refractivity contribution < 1.29 is 17.9 Å². The van der Waals surface area contributed by atoms with Crippen molar-refractivity contribution in [1.29, 1.82) is 0 Å². The van der Waals surface area contributed by atoms with Crippen LogP contribution in [0, 0.1) is 0 Å². The molecular formula is C7H12F3NO. The van der Waals surface area contributed by atoms with E-state index in [9.17, 15) is 13.2 Å². The molecule has 72 valence electrons. The Labute approximate surface area is 69.1 Å². The van der Waals surface area contributed by atoms with Gasteiger partial charge in [0.05, 0.1) is 0 Å². The third-order valence-electron chi connectivity index (χ3n) is 1.80. The van der Waals surface area contributed by atoms with Gasteiger partial charge in [-0.2, -0.15) is 13.2 Å². The molecule has 0 amide bonds. The van der Waals surface area contributed by atoms with Crippen molar-refractivity contribution in [2.45, 2.75) is 25.1 Å². The third kappa shape index (κ3) is 3.92. The van der Waals surface area contributed by atoms with Gasteiger partial charge < -0.3 is 10.1 Å². The van der Waals surface area contributed by atoms with Gasteiger partial charge in [0.2, 0.25) is 0 Å².